The predicted molar refractivity (Wildman–Crippen MR) is 105 cm³/mol. The van der Waals surface area contributed by atoms with Gasteiger partial charge in [0.2, 0.25) is 0 Å². The standard InChI is InChI=1S/C24H32O4/c1-3-23-8-6-17-16-5-4-15(25)11-14(16)10-13(2)21(17)22(23)18-12-19(18)24(23,28)9-7-20(26)27/h7,9,11,13,16-19,21-22,28H,3-6,8,10,12H2,1-2H3,(H,26,27)/b9-7-/t13-,16-,17+,18-,19+,21+,22-,23-,24-/m0/s1. The summed E-state index contributed by atoms with van der Waals surface area (Å²) in [5.41, 5.74) is 0.229. The fraction of sp³-hybridized carbons (Fsp3) is 0.750. The Kier molecular flexibility index (Phi) is 4.01. The largest absolute Gasteiger partial charge is 0.478 e. The zero-order valence-electron chi connectivity index (χ0n) is 16.9. The van der Waals surface area contributed by atoms with Crippen molar-refractivity contribution < 1.29 is 19.8 Å². The number of hydrogen-bond donors (Lipinski definition) is 2. The molecular weight excluding hydrogens is 352 g/mol. The normalized spacial score (nSPS) is 51.8. The summed E-state index contributed by atoms with van der Waals surface area (Å²) in [4.78, 5) is 23.2. The maximum absolute atomic E-state index is 12.0. The van der Waals surface area contributed by atoms with Crippen LogP contribution in [-0.4, -0.2) is 27.6 Å². The SMILES string of the molecule is CC[C@]12CC[C@H]3[C@H]([C@@H]1[C@H]1C[C@H]1[C@@]2(O)/C=C\C(=O)O)[C@@H](C)CC1=CC(=O)CC[C@@H]13. The molecule has 0 spiro atoms. The molecule has 0 aromatic heterocycles. The van der Waals surface area contributed by atoms with Gasteiger partial charge in [0.25, 0.3) is 0 Å². The molecule has 0 heterocycles. The summed E-state index contributed by atoms with van der Waals surface area (Å²) in [5, 5.41) is 21.0. The predicted octanol–water partition coefficient (Wildman–Crippen LogP) is 3.99. The number of fused-ring (bicyclic) bond motifs is 7. The minimum atomic E-state index is -0.973. The molecule has 0 aliphatic heterocycles. The van der Waals surface area contributed by atoms with Gasteiger partial charge in [-0.1, -0.05) is 19.4 Å². The molecule has 28 heavy (non-hydrogen) atoms. The number of carbonyl (C=O) groups is 2. The lowest BCUT2D eigenvalue weighted by Crippen LogP contribution is -2.57. The Hall–Kier alpha value is -1.42. The van der Waals surface area contributed by atoms with Crippen LogP contribution in [0.5, 0.6) is 0 Å². The summed E-state index contributed by atoms with van der Waals surface area (Å²) in [6, 6.07) is 0. The van der Waals surface area contributed by atoms with Crippen LogP contribution in [0.4, 0.5) is 0 Å². The van der Waals surface area contributed by atoms with E-state index in [9.17, 15) is 19.8 Å². The zero-order chi connectivity index (χ0) is 19.8. The van der Waals surface area contributed by atoms with Crippen molar-refractivity contribution in [2.75, 3.05) is 0 Å². The van der Waals surface area contributed by atoms with Gasteiger partial charge in [0.05, 0.1) is 5.60 Å². The molecule has 5 rings (SSSR count). The molecule has 5 aliphatic carbocycles. The highest BCUT2D eigenvalue weighted by atomic mass is 16.4. The number of aliphatic hydroxyl groups is 1. The highest BCUT2D eigenvalue weighted by Gasteiger charge is 2.76. The Morgan fingerprint density at radius 3 is 2.82 bits per heavy atom. The number of ketones is 1. The van der Waals surface area contributed by atoms with Gasteiger partial charge in [-0.15, -0.1) is 0 Å². The second-order valence-corrected chi connectivity index (χ2v) is 10.3. The lowest BCUT2D eigenvalue weighted by molar-refractivity contribution is -0.138. The van der Waals surface area contributed by atoms with E-state index >= 15 is 0 Å². The molecule has 152 valence electrons. The first-order valence-corrected chi connectivity index (χ1v) is 11.2. The number of carboxylic acids is 1. The summed E-state index contributed by atoms with van der Waals surface area (Å²) in [7, 11) is 0. The van der Waals surface area contributed by atoms with Gasteiger partial charge in [-0.25, -0.2) is 4.79 Å². The van der Waals surface area contributed by atoms with Crippen molar-refractivity contribution in [1.82, 2.24) is 0 Å². The first-order valence-electron chi connectivity index (χ1n) is 11.2. The van der Waals surface area contributed by atoms with E-state index in [0.717, 1.165) is 38.5 Å². The fourth-order valence-corrected chi connectivity index (χ4v) is 8.57. The highest BCUT2D eigenvalue weighted by Crippen LogP contribution is 2.77. The van der Waals surface area contributed by atoms with Crippen LogP contribution in [0.3, 0.4) is 0 Å². The lowest BCUT2D eigenvalue weighted by Gasteiger charge is -2.59. The molecule has 0 aromatic rings. The number of aliphatic carboxylic acids is 1. The molecule has 0 unspecified atom stereocenters. The third-order valence-corrected chi connectivity index (χ3v) is 9.50. The second kappa shape index (κ2) is 6.04. The van der Waals surface area contributed by atoms with E-state index in [1.54, 1.807) is 6.08 Å². The van der Waals surface area contributed by atoms with Crippen LogP contribution in [0.2, 0.25) is 0 Å². The summed E-state index contributed by atoms with van der Waals surface area (Å²) in [6.07, 6.45) is 11.5. The van der Waals surface area contributed by atoms with Gasteiger partial charge in [0.1, 0.15) is 0 Å². The molecule has 4 fully saturated rings. The fourth-order valence-electron chi connectivity index (χ4n) is 8.57. The first kappa shape index (κ1) is 18.6. The lowest BCUT2D eigenvalue weighted by atomic mass is 9.46. The smallest absolute Gasteiger partial charge is 0.328 e. The van der Waals surface area contributed by atoms with Crippen molar-refractivity contribution in [2.45, 2.75) is 64.4 Å². The quantitative estimate of drug-likeness (QED) is 0.722. The molecule has 2 N–H and O–H groups in total. The van der Waals surface area contributed by atoms with Gasteiger partial charge in [-0.3, -0.25) is 4.79 Å². The van der Waals surface area contributed by atoms with Gasteiger partial charge in [0, 0.05) is 17.9 Å². The van der Waals surface area contributed by atoms with E-state index in [-0.39, 0.29) is 11.3 Å². The van der Waals surface area contributed by atoms with Gasteiger partial charge < -0.3 is 10.2 Å². The van der Waals surface area contributed by atoms with Gasteiger partial charge in [-0.2, -0.15) is 0 Å². The van der Waals surface area contributed by atoms with Crippen molar-refractivity contribution in [3.05, 3.63) is 23.8 Å². The molecule has 0 amide bonds. The van der Waals surface area contributed by atoms with E-state index in [1.807, 2.05) is 6.08 Å². The van der Waals surface area contributed by atoms with Crippen molar-refractivity contribution in [3.63, 3.8) is 0 Å². The van der Waals surface area contributed by atoms with Gasteiger partial charge >= 0.3 is 5.97 Å². The third kappa shape index (κ3) is 2.27. The molecule has 0 saturated heterocycles. The van der Waals surface area contributed by atoms with E-state index < -0.39 is 11.6 Å². The number of hydrogen-bond acceptors (Lipinski definition) is 3. The number of rotatable bonds is 3. The number of carbonyl (C=O) groups excluding carboxylic acids is 1. The second-order valence-electron chi connectivity index (χ2n) is 10.3. The average Bonchev–Trinajstić information content (AvgIpc) is 3.42. The summed E-state index contributed by atoms with van der Waals surface area (Å²) in [5.74, 6) is 2.87. The van der Waals surface area contributed by atoms with Crippen molar-refractivity contribution in [1.29, 1.82) is 0 Å². The molecule has 4 heteroatoms. The minimum Gasteiger partial charge on any atom is -0.478 e. The third-order valence-electron chi connectivity index (χ3n) is 9.50. The Labute approximate surface area is 167 Å². The summed E-state index contributed by atoms with van der Waals surface area (Å²) in [6.45, 7) is 4.54. The maximum atomic E-state index is 12.0. The van der Waals surface area contributed by atoms with Crippen LogP contribution in [0.25, 0.3) is 0 Å². The van der Waals surface area contributed by atoms with Crippen LogP contribution in [0.15, 0.2) is 23.8 Å². The molecular formula is C24H32O4. The number of carboxylic acid groups (broad SMARTS) is 1. The Morgan fingerprint density at radius 2 is 2.11 bits per heavy atom. The van der Waals surface area contributed by atoms with E-state index in [2.05, 4.69) is 13.8 Å². The Bertz CT molecular complexity index is 781. The van der Waals surface area contributed by atoms with Gasteiger partial charge in [0.15, 0.2) is 5.78 Å². The Morgan fingerprint density at radius 1 is 1.32 bits per heavy atom. The number of allylic oxidation sites excluding steroid dienone is 1. The van der Waals surface area contributed by atoms with E-state index in [0.29, 0.717) is 47.7 Å². The van der Waals surface area contributed by atoms with Crippen LogP contribution in [0, 0.1) is 46.8 Å². The topological polar surface area (TPSA) is 74.6 Å². The van der Waals surface area contributed by atoms with Crippen LogP contribution < -0.4 is 0 Å². The van der Waals surface area contributed by atoms with Crippen LogP contribution in [0.1, 0.15) is 58.8 Å². The maximum Gasteiger partial charge on any atom is 0.328 e. The average molecular weight is 385 g/mol. The van der Waals surface area contributed by atoms with E-state index in [1.165, 1.54) is 11.6 Å². The van der Waals surface area contributed by atoms with Crippen LogP contribution in [-0.2, 0) is 9.59 Å². The van der Waals surface area contributed by atoms with Crippen molar-refractivity contribution in [2.24, 2.45) is 46.8 Å². The van der Waals surface area contributed by atoms with Crippen LogP contribution >= 0.6 is 0 Å². The molecule has 0 radical (unpaired) electrons. The molecule has 5 aliphatic rings. The summed E-state index contributed by atoms with van der Waals surface area (Å²) >= 11 is 0. The Balaban J connectivity index is 1.54. The molecule has 0 aromatic carbocycles. The summed E-state index contributed by atoms with van der Waals surface area (Å²) < 4.78 is 0. The molecule has 0 bridgehead atoms. The van der Waals surface area contributed by atoms with E-state index in [4.69, 9.17) is 0 Å². The molecule has 4 nitrogen and oxygen atoms in total. The van der Waals surface area contributed by atoms with Crippen molar-refractivity contribution in [3.8, 4) is 0 Å². The minimum absolute atomic E-state index is 0.187. The molecule has 9 atom stereocenters. The van der Waals surface area contributed by atoms with Crippen molar-refractivity contribution >= 4 is 11.8 Å². The first-order chi connectivity index (χ1) is 13.3. The highest BCUT2D eigenvalue weighted by molar-refractivity contribution is 5.91. The van der Waals surface area contributed by atoms with Gasteiger partial charge in [-0.05, 0) is 92.1 Å². The molecule has 4 saturated carbocycles. The zero-order valence-corrected chi connectivity index (χ0v) is 16.9. The monoisotopic (exact) mass is 384 g/mol.